The van der Waals surface area contributed by atoms with Gasteiger partial charge in [0, 0.05) is 0 Å². The van der Waals surface area contributed by atoms with E-state index in [1.807, 2.05) is 20.8 Å². The standard InChI is InChI=1S/C25H24O2/c1-25(2,3)24(26)27-21-9-5-8-18-19-13-12-16-7-4-6-15-10-11-17(14-20(18)21)23(19)22(15)16/h4,6-7,10-14,21H,5,8-9H2,1-3H3. The van der Waals surface area contributed by atoms with Gasteiger partial charge < -0.3 is 4.74 Å². The zero-order chi connectivity index (χ0) is 18.8. The Bertz CT molecular complexity index is 1160. The summed E-state index contributed by atoms with van der Waals surface area (Å²) in [4.78, 5) is 12.5. The van der Waals surface area contributed by atoms with Gasteiger partial charge in [-0.25, -0.2) is 0 Å². The molecule has 0 N–H and O–H groups in total. The predicted octanol–water partition coefficient (Wildman–Crippen LogP) is 6.55. The zero-order valence-electron chi connectivity index (χ0n) is 16.1. The first-order valence-corrected chi connectivity index (χ1v) is 9.84. The van der Waals surface area contributed by atoms with Crippen LogP contribution in [0.25, 0.3) is 32.3 Å². The van der Waals surface area contributed by atoms with Crippen LogP contribution in [0.15, 0.2) is 48.5 Å². The fourth-order valence-corrected chi connectivity index (χ4v) is 4.51. The van der Waals surface area contributed by atoms with E-state index in [1.54, 1.807) is 0 Å². The molecule has 4 aromatic carbocycles. The first-order valence-electron chi connectivity index (χ1n) is 9.84. The molecule has 4 aromatic rings. The van der Waals surface area contributed by atoms with Crippen LogP contribution in [-0.2, 0) is 16.0 Å². The van der Waals surface area contributed by atoms with E-state index in [0.29, 0.717) is 0 Å². The third-order valence-corrected chi connectivity index (χ3v) is 5.90. The summed E-state index contributed by atoms with van der Waals surface area (Å²) in [5, 5.41) is 7.85. The molecular weight excluding hydrogens is 332 g/mol. The Labute approximate surface area is 159 Å². The second-order valence-electron chi connectivity index (χ2n) is 8.84. The van der Waals surface area contributed by atoms with Crippen molar-refractivity contribution in [3.63, 3.8) is 0 Å². The van der Waals surface area contributed by atoms with Crippen LogP contribution in [0.4, 0.5) is 0 Å². The third kappa shape index (κ3) is 2.50. The molecule has 0 radical (unpaired) electrons. The van der Waals surface area contributed by atoms with Crippen LogP contribution in [0.2, 0.25) is 0 Å². The lowest BCUT2D eigenvalue weighted by Gasteiger charge is -2.30. The summed E-state index contributed by atoms with van der Waals surface area (Å²) in [6.07, 6.45) is 2.87. The number of fused-ring (bicyclic) bond motifs is 2. The number of hydrogen-bond donors (Lipinski definition) is 0. The summed E-state index contributed by atoms with van der Waals surface area (Å²) in [5.41, 5.74) is 2.08. The second-order valence-corrected chi connectivity index (χ2v) is 8.84. The van der Waals surface area contributed by atoms with Gasteiger partial charge in [-0.2, -0.15) is 0 Å². The molecule has 0 fully saturated rings. The number of carbonyl (C=O) groups excluding carboxylic acids is 1. The zero-order valence-corrected chi connectivity index (χ0v) is 16.1. The number of aryl methyl sites for hydroxylation is 1. The Balaban J connectivity index is 1.74. The minimum absolute atomic E-state index is 0.120. The van der Waals surface area contributed by atoms with Gasteiger partial charge in [0.05, 0.1) is 5.41 Å². The van der Waals surface area contributed by atoms with Gasteiger partial charge in [0.1, 0.15) is 6.10 Å². The second kappa shape index (κ2) is 5.69. The summed E-state index contributed by atoms with van der Waals surface area (Å²) in [6.45, 7) is 5.75. The van der Waals surface area contributed by atoms with Crippen LogP contribution >= 0.6 is 0 Å². The highest BCUT2D eigenvalue weighted by molar-refractivity contribution is 6.23. The lowest BCUT2D eigenvalue weighted by atomic mass is 9.82. The largest absolute Gasteiger partial charge is 0.457 e. The molecule has 0 aromatic heterocycles. The van der Waals surface area contributed by atoms with Crippen molar-refractivity contribution in [1.29, 1.82) is 0 Å². The average molecular weight is 356 g/mol. The average Bonchev–Trinajstić information content (AvgIpc) is 2.65. The molecule has 136 valence electrons. The Morgan fingerprint density at radius 1 is 0.963 bits per heavy atom. The van der Waals surface area contributed by atoms with Gasteiger partial charge in [-0.3, -0.25) is 4.79 Å². The predicted molar refractivity (Wildman–Crippen MR) is 111 cm³/mol. The quantitative estimate of drug-likeness (QED) is 0.285. The lowest BCUT2D eigenvalue weighted by molar-refractivity contribution is -0.159. The highest BCUT2D eigenvalue weighted by atomic mass is 16.5. The monoisotopic (exact) mass is 356 g/mol. The molecule has 0 spiro atoms. The number of ether oxygens (including phenoxy) is 1. The van der Waals surface area contributed by atoms with Crippen molar-refractivity contribution in [3.8, 4) is 0 Å². The molecule has 1 unspecified atom stereocenters. The minimum Gasteiger partial charge on any atom is -0.457 e. The van der Waals surface area contributed by atoms with Crippen molar-refractivity contribution >= 4 is 38.3 Å². The normalized spacial score (nSPS) is 17.5. The third-order valence-electron chi connectivity index (χ3n) is 5.90. The van der Waals surface area contributed by atoms with Gasteiger partial charge in [-0.15, -0.1) is 0 Å². The van der Waals surface area contributed by atoms with E-state index in [4.69, 9.17) is 4.74 Å². The van der Waals surface area contributed by atoms with Crippen LogP contribution in [0.5, 0.6) is 0 Å². The molecule has 5 rings (SSSR count). The smallest absolute Gasteiger partial charge is 0.311 e. The summed E-state index contributed by atoms with van der Waals surface area (Å²) in [7, 11) is 0. The van der Waals surface area contributed by atoms with E-state index in [0.717, 1.165) is 19.3 Å². The Kier molecular flexibility index (Phi) is 3.49. The molecular formula is C25H24O2. The highest BCUT2D eigenvalue weighted by Gasteiger charge is 2.30. The number of carbonyl (C=O) groups is 1. The molecule has 0 saturated heterocycles. The van der Waals surface area contributed by atoms with Crippen molar-refractivity contribution < 1.29 is 9.53 Å². The van der Waals surface area contributed by atoms with Crippen LogP contribution in [0, 0.1) is 5.41 Å². The summed E-state index contributed by atoms with van der Waals surface area (Å²) >= 11 is 0. The SMILES string of the molecule is CC(C)(C)C(=O)OC1CCCc2c1cc1ccc3cccc4ccc2c1c34. The van der Waals surface area contributed by atoms with Crippen molar-refractivity contribution in [2.45, 2.75) is 46.1 Å². The van der Waals surface area contributed by atoms with Crippen molar-refractivity contribution in [2.24, 2.45) is 5.41 Å². The fraction of sp³-hybridized carbons (Fsp3) is 0.320. The molecule has 0 bridgehead atoms. The summed E-state index contributed by atoms with van der Waals surface area (Å²) in [6, 6.07) is 17.7. The van der Waals surface area contributed by atoms with Crippen LogP contribution in [0.1, 0.15) is 50.8 Å². The highest BCUT2D eigenvalue weighted by Crippen LogP contribution is 2.43. The first-order chi connectivity index (χ1) is 12.9. The van der Waals surface area contributed by atoms with Crippen molar-refractivity contribution in [2.75, 3.05) is 0 Å². The molecule has 27 heavy (non-hydrogen) atoms. The van der Waals surface area contributed by atoms with E-state index in [2.05, 4.69) is 48.5 Å². The topological polar surface area (TPSA) is 26.3 Å². The van der Waals surface area contributed by atoms with Gasteiger partial charge in [-0.05, 0) is 89.5 Å². The molecule has 0 saturated carbocycles. The van der Waals surface area contributed by atoms with Gasteiger partial charge >= 0.3 is 5.97 Å². The van der Waals surface area contributed by atoms with Crippen molar-refractivity contribution in [1.82, 2.24) is 0 Å². The Hall–Kier alpha value is -2.61. The van der Waals surface area contributed by atoms with E-state index < -0.39 is 5.41 Å². The maximum Gasteiger partial charge on any atom is 0.311 e. The molecule has 1 aliphatic rings. The maximum atomic E-state index is 12.5. The van der Waals surface area contributed by atoms with Gasteiger partial charge in [0.25, 0.3) is 0 Å². The molecule has 2 heteroatoms. The lowest BCUT2D eigenvalue weighted by Crippen LogP contribution is -2.26. The van der Waals surface area contributed by atoms with Gasteiger partial charge in [0.15, 0.2) is 0 Å². The molecule has 1 aliphatic carbocycles. The number of benzene rings is 4. The van der Waals surface area contributed by atoms with Crippen LogP contribution in [0.3, 0.4) is 0 Å². The molecule has 2 nitrogen and oxygen atoms in total. The van der Waals surface area contributed by atoms with E-state index in [9.17, 15) is 4.79 Å². The first kappa shape index (κ1) is 16.6. The molecule has 0 heterocycles. The molecule has 0 aliphatic heterocycles. The number of hydrogen-bond acceptors (Lipinski definition) is 2. The molecule has 1 atom stereocenters. The van der Waals surface area contributed by atoms with E-state index in [1.165, 1.54) is 43.4 Å². The Morgan fingerprint density at radius 2 is 1.67 bits per heavy atom. The minimum atomic E-state index is -0.478. The maximum absolute atomic E-state index is 12.5. The van der Waals surface area contributed by atoms with Gasteiger partial charge in [-0.1, -0.05) is 42.5 Å². The molecule has 0 amide bonds. The summed E-state index contributed by atoms with van der Waals surface area (Å²) < 4.78 is 5.97. The van der Waals surface area contributed by atoms with Crippen molar-refractivity contribution in [3.05, 3.63) is 59.7 Å². The van der Waals surface area contributed by atoms with Crippen LogP contribution < -0.4 is 0 Å². The van der Waals surface area contributed by atoms with E-state index >= 15 is 0 Å². The van der Waals surface area contributed by atoms with E-state index in [-0.39, 0.29) is 12.1 Å². The fourth-order valence-electron chi connectivity index (χ4n) is 4.51. The summed E-state index contributed by atoms with van der Waals surface area (Å²) in [5.74, 6) is -0.120. The Morgan fingerprint density at radius 3 is 2.41 bits per heavy atom. The van der Waals surface area contributed by atoms with Crippen LogP contribution in [-0.4, -0.2) is 5.97 Å². The number of rotatable bonds is 1. The van der Waals surface area contributed by atoms with Gasteiger partial charge in [0.2, 0.25) is 0 Å². The number of esters is 1.